The maximum atomic E-state index is 11.6. The van der Waals surface area contributed by atoms with E-state index in [1.165, 1.54) is 12.1 Å². The fourth-order valence-electron chi connectivity index (χ4n) is 1.64. The van der Waals surface area contributed by atoms with E-state index < -0.39 is 46.7 Å². The number of carbonyl (C=O) groups excluding carboxylic acids is 2. The quantitative estimate of drug-likeness (QED) is 0.356. The first-order chi connectivity index (χ1) is 9.36. The largest absolute Gasteiger partial charge is 0.477 e. The van der Waals surface area contributed by atoms with Gasteiger partial charge in [0, 0.05) is 12.5 Å². The number of nitrogens with zero attached hydrogens (tertiary/aromatic N) is 1. The summed E-state index contributed by atoms with van der Waals surface area (Å²) in [6.45, 7) is 0. The van der Waals surface area contributed by atoms with Gasteiger partial charge in [-0.1, -0.05) is 12.1 Å². The van der Waals surface area contributed by atoms with Crippen LogP contribution in [0.3, 0.4) is 0 Å². The van der Waals surface area contributed by atoms with Crippen molar-refractivity contribution in [1.82, 2.24) is 0 Å². The first kappa shape index (κ1) is 15.3. The van der Waals surface area contributed by atoms with E-state index in [9.17, 15) is 24.5 Å². The second-order valence-electron chi connectivity index (χ2n) is 3.84. The molecule has 8 nitrogen and oxygen atoms in total. The fraction of sp³-hybridized carbons (Fsp3) is 0.250. The van der Waals surface area contributed by atoms with E-state index in [4.69, 9.17) is 5.11 Å². The molecule has 0 aliphatic heterocycles. The third kappa shape index (κ3) is 3.61. The van der Waals surface area contributed by atoms with Gasteiger partial charge >= 0.3 is 11.9 Å². The van der Waals surface area contributed by atoms with Gasteiger partial charge in [-0.25, -0.2) is 4.79 Å². The summed E-state index contributed by atoms with van der Waals surface area (Å²) < 4.78 is 4.31. The standard InChI is InChI=1S/C12H11NO7/c1-20-10(15)6-8(14)5-7-3-2-4-9(13(18)19)11(7)12(16)17/h2-4H,5-6H2,1H3,(H,16,17). The number of rotatable bonds is 6. The van der Waals surface area contributed by atoms with Crippen molar-refractivity contribution in [1.29, 1.82) is 0 Å². The average molecular weight is 281 g/mol. The third-order valence-corrected chi connectivity index (χ3v) is 2.50. The summed E-state index contributed by atoms with van der Waals surface area (Å²) in [5.74, 6) is -2.84. The number of hydrogen-bond acceptors (Lipinski definition) is 6. The normalized spacial score (nSPS) is 9.85. The fourth-order valence-corrected chi connectivity index (χ4v) is 1.64. The molecular formula is C12H11NO7. The predicted molar refractivity (Wildman–Crippen MR) is 65.4 cm³/mol. The number of benzene rings is 1. The van der Waals surface area contributed by atoms with Crippen LogP contribution < -0.4 is 0 Å². The molecule has 106 valence electrons. The van der Waals surface area contributed by atoms with Gasteiger partial charge in [-0.3, -0.25) is 19.7 Å². The highest BCUT2D eigenvalue weighted by Gasteiger charge is 2.24. The number of ether oxygens (including phenoxy) is 1. The van der Waals surface area contributed by atoms with Gasteiger partial charge in [-0.15, -0.1) is 0 Å². The van der Waals surface area contributed by atoms with Gasteiger partial charge in [-0.2, -0.15) is 0 Å². The highest BCUT2D eigenvalue weighted by Crippen LogP contribution is 2.23. The van der Waals surface area contributed by atoms with Crippen LogP contribution in [0.4, 0.5) is 5.69 Å². The van der Waals surface area contributed by atoms with E-state index in [1.54, 1.807) is 0 Å². The van der Waals surface area contributed by atoms with Crippen LogP contribution >= 0.6 is 0 Å². The lowest BCUT2D eigenvalue weighted by Gasteiger charge is -2.05. The Balaban J connectivity index is 3.09. The van der Waals surface area contributed by atoms with Crippen molar-refractivity contribution in [3.05, 3.63) is 39.4 Å². The molecule has 0 saturated carbocycles. The molecule has 0 amide bonds. The Morgan fingerprint density at radius 2 is 2.00 bits per heavy atom. The van der Waals surface area contributed by atoms with Crippen molar-refractivity contribution in [3.8, 4) is 0 Å². The molecule has 0 saturated heterocycles. The molecule has 0 spiro atoms. The molecule has 1 aromatic rings. The molecule has 1 aromatic carbocycles. The maximum absolute atomic E-state index is 11.6. The van der Waals surface area contributed by atoms with Crippen LogP contribution in [-0.2, 0) is 20.7 Å². The number of nitro benzene ring substituents is 1. The van der Waals surface area contributed by atoms with Gasteiger partial charge in [0.2, 0.25) is 0 Å². The number of esters is 1. The molecule has 20 heavy (non-hydrogen) atoms. The molecule has 0 fully saturated rings. The molecule has 1 rings (SSSR count). The zero-order valence-corrected chi connectivity index (χ0v) is 10.5. The molecule has 0 aliphatic rings. The predicted octanol–water partition coefficient (Wildman–Crippen LogP) is 0.968. The minimum atomic E-state index is -1.50. The van der Waals surface area contributed by atoms with Gasteiger partial charge in [0.25, 0.3) is 5.69 Å². The smallest absolute Gasteiger partial charge is 0.343 e. The Morgan fingerprint density at radius 3 is 2.50 bits per heavy atom. The number of carboxylic acids is 1. The highest BCUT2D eigenvalue weighted by molar-refractivity contribution is 5.99. The minimum Gasteiger partial charge on any atom is -0.477 e. The zero-order chi connectivity index (χ0) is 15.3. The zero-order valence-electron chi connectivity index (χ0n) is 10.5. The Hall–Kier alpha value is -2.77. The number of hydrogen-bond donors (Lipinski definition) is 1. The van der Waals surface area contributed by atoms with Crippen LogP contribution in [0.5, 0.6) is 0 Å². The molecule has 0 aliphatic carbocycles. The third-order valence-electron chi connectivity index (χ3n) is 2.50. The molecule has 0 heterocycles. The van der Waals surface area contributed by atoms with Gasteiger partial charge in [0.15, 0.2) is 0 Å². The van der Waals surface area contributed by atoms with Crippen molar-refractivity contribution < 1.29 is 29.2 Å². The molecule has 0 aromatic heterocycles. The van der Waals surface area contributed by atoms with Crippen LogP contribution in [0.1, 0.15) is 22.3 Å². The summed E-state index contributed by atoms with van der Waals surface area (Å²) in [6, 6.07) is 3.62. The molecular weight excluding hydrogens is 270 g/mol. The lowest BCUT2D eigenvalue weighted by atomic mass is 9.99. The van der Waals surface area contributed by atoms with Crippen LogP contribution in [0, 0.1) is 10.1 Å². The van der Waals surface area contributed by atoms with Crippen molar-refractivity contribution >= 4 is 23.4 Å². The summed E-state index contributed by atoms with van der Waals surface area (Å²) in [4.78, 5) is 43.5. The van der Waals surface area contributed by atoms with Gasteiger partial charge in [-0.05, 0) is 5.56 Å². The Labute approximate surface area is 113 Å². The summed E-state index contributed by atoms with van der Waals surface area (Å²) >= 11 is 0. The lowest BCUT2D eigenvalue weighted by molar-refractivity contribution is -0.385. The number of nitro groups is 1. The molecule has 0 radical (unpaired) electrons. The number of aromatic carboxylic acids is 1. The summed E-state index contributed by atoms with van der Waals surface area (Å²) in [5.41, 5.74) is -1.16. The number of ketones is 1. The van der Waals surface area contributed by atoms with Crippen molar-refractivity contribution in [2.45, 2.75) is 12.8 Å². The molecule has 1 N–H and O–H groups in total. The van der Waals surface area contributed by atoms with Crippen LogP contribution in [0.2, 0.25) is 0 Å². The minimum absolute atomic E-state index is 0.0133. The topological polar surface area (TPSA) is 124 Å². The maximum Gasteiger partial charge on any atom is 0.343 e. The SMILES string of the molecule is COC(=O)CC(=O)Cc1cccc([N+](=O)[O-])c1C(=O)O. The Kier molecular flexibility index (Phi) is 4.90. The number of Topliss-reactive ketones (excluding diaryl/α,β-unsaturated/α-hetero) is 1. The van der Waals surface area contributed by atoms with E-state index in [2.05, 4.69) is 4.74 Å². The Bertz CT molecular complexity index is 579. The van der Waals surface area contributed by atoms with Crippen LogP contribution in [-0.4, -0.2) is 34.9 Å². The number of carbonyl (C=O) groups is 3. The Morgan fingerprint density at radius 1 is 1.35 bits per heavy atom. The monoisotopic (exact) mass is 281 g/mol. The molecule has 0 atom stereocenters. The van der Waals surface area contributed by atoms with Crippen molar-refractivity contribution in [2.24, 2.45) is 0 Å². The van der Waals surface area contributed by atoms with Gasteiger partial charge in [0.05, 0.1) is 12.0 Å². The van der Waals surface area contributed by atoms with Crippen LogP contribution in [0.15, 0.2) is 18.2 Å². The first-order valence-corrected chi connectivity index (χ1v) is 5.45. The summed E-state index contributed by atoms with van der Waals surface area (Å²) in [5, 5.41) is 19.8. The molecule has 0 unspecified atom stereocenters. The number of methoxy groups -OCH3 is 1. The van der Waals surface area contributed by atoms with E-state index in [1.807, 2.05) is 0 Å². The van der Waals surface area contributed by atoms with E-state index in [-0.39, 0.29) is 5.56 Å². The average Bonchev–Trinajstić information content (AvgIpc) is 2.37. The molecule has 0 bridgehead atoms. The lowest BCUT2D eigenvalue weighted by Crippen LogP contribution is -2.14. The van der Waals surface area contributed by atoms with Crippen molar-refractivity contribution in [3.63, 3.8) is 0 Å². The molecule has 8 heteroatoms. The van der Waals surface area contributed by atoms with Gasteiger partial charge in [0.1, 0.15) is 17.8 Å². The number of carboxylic acid groups (broad SMARTS) is 1. The van der Waals surface area contributed by atoms with Crippen LogP contribution in [0.25, 0.3) is 0 Å². The van der Waals surface area contributed by atoms with Crippen molar-refractivity contribution in [2.75, 3.05) is 7.11 Å². The van der Waals surface area contributed by atoms with Gasteiger partial charge < -0.3 is 9.84 Å². The van der Waals surface area contributed by atoms with E-state index in [0.717, 1.165) is 13.2 Å². The first-order valence-electron chi connectivity index (χ1n) is 5.45. The summed E-state index contributed by atoms with van der Waals surface area (Å²) in [6.07, 6.45) is -0.906. The second kappa shape index (κ2) is 6.41. The van der Waals surface area contributed by atoms with E-state index >= 15 is 0 Å². The van der Waals surface area contributed by atoms with E-state index in [0.29, 0.717) is 0 Å². The summed E-state index contributed by atoms with van der Waals surface area (Å²) in [7, 11) is 1.12. The second-order valence-corrected chi connectivity index (χ2v) is 3.84. The highest BCUT2D eigenvalue weighted by atomic mass is 16.6.